The van der Waals surface area contributed by atoms with E-state index in [1.165, 1.54) is 32.6 Å². The number of nitrogens with two attached hydrogens (primary N) is 1. The number of nitrogens with zero attached hydrogens (tertiary/aromatic N) is 5. The molecule has 1 fully saturated rings. The lowest BCUT2D eigenvalue weighted by Crippen LogP contribution is -2.14. The number of carbonyl (C=O) groups is 1. The third-order valence-corrected chi connectivity index (χ3v) is 7.66. The van der Waals surface area contributed by atoms with Crippen LogP contribution in [0.1, 0.15) is 38.1 Å². The molecule has 0 atom stereocenters. The Balaban J connectivity index is 0.000000514. The van der Waals surface area contributed by atoms with Crippen LogP contribution in [0.25, 0.3) is 43.8 Å². The van der Waals surface area contributed by atoms with Gasteiger partial charge in [-0.3, -0.25) is 0 Å². The summed E-state index contributed by atoms with van der Waals surface area (Å²) in [6.07, 6.45) is 6.38. The molecule has 1 amide bonds. The SMILES string of the molecule is CNC(=O)O.Nc1ncnc2c1c(-c1cc3nc(-c4cccs4)ccc3cc1Cl)nn2C1CCCCC1. The van der Waals surface area contributed by atoms with E-state index in [9.17, 15) is 4.79 Å². The molecule has 11 heteroatoms. The van der Waals surface area contributed by atoms with Gasteiger partial charge in [0.1, 0.15) is 17.8 Å². The van der Waals surface area contributed by atoms with E-state index in [-0.39, 0.29) is 0 Å². The Morgan fingerprint density at radius 1 is 1.19 bits per heavy atom. The number of fused-ring (bicyclic) bond motifs is 2. The molecule has 0 unspecified atom stereocenters. The number of thiophene rings is 1. The summed E-state index contributed by atoms with van der Waals surface area (Å²) in [6, 6.07) is 12.5. The molecule has 0 bridgehead atoms. The largest absolute Gasteiger partial charge is 0.465 e. The van der Waals surface area contributed by atoms with Crippen molar-refractivity contribution in [3.63, 3.8) is 0 Å². The van der Waals surface area contributed by atoms with Crippen LogP contribution in [0.4, 0.5) is 10.6 Å². The first-order valence-corrected chi connectivity index (χ1v) is 13.3. The average molecular weight is 536 g/mol. The molecule has 4 aromatic heterocycles. The maximum absolute atomic E-state index is 9.26. The molecule has 4 N–H and O–H groups in total. The summed E-state index contributed by atoms with van der Waals surface area (Å²) in [5, 5.41) is 19.0. The molecule has 1 aromatic carbocycles. The Kier molecular flexibility index (Phi) is 7.20. The molecule has 0 spiro atoms. The first kappa shape index (κ1) is 24.9. The molecule has 37 heavy (non-hydrogen) atoms. The van der Waals surface area contributed by atoms with E-state index in [1.807, 2.05) is 34.3 Å². The maximum Gasteiger partial charge on any atom is 0.404 e. The van der Waals surface area contributed by atoms with Gasteiger partial charge in [0.05, 0.1) is 32.5 Å². The van der Waals surface area contributed by atoms with Gasteiger partial charge in [-0.05, 0) is 42.5 Å². The molecule has 9 nitrogen and oxygen atoms in total. The highest BCUT2D eigenvalue weighted by molar-refractivity contribution is 7.13. The Hall–Kier alpha value is -3.76. The van der Waals surface area contributed by atoms with Gasteiger partial charge >= 0.3 is 6.09 Å². The minimum Gasteiger partial charge on any atom is -0.465 e. The molecular formula is C26H26ClN7O2S. The van der Waals surface area contributed by atoms with Gasteiger partial charge in [0.2, 0.25) is 0 Å². The van der Waals surface area contributed by atoms with Gasteiger partial charge in [-0.25, -0.2) is 24.4 Å². The molecule has 6 rings (SSSR count). The normalized spacial score (nSPS) is 13.9. The highest BCUT2D eigenvalue weighted by atomic mass is 35.5. The minimum absolute atomic E-state index is 0.317. The fourth-order valence-electron chi connectivity index (χ4n) is 4.65. The lowest BCUT2D eigenvalue weighted by atomic mass is 9.96. The Bertz CT molecular complexity index is 1560. The van der Waals surface area contributed by atoms with Gasteiger partial charge in [-0.15, -0.1) is 11.3 Å². The lowest BCUT2D eigenvalue weighted by Gasteiger charge is -2.22. The molecule has 0 saturated heterocycles. The second-order valence-corrected chi connectivity index (χ2v) is 10.2. The van der Waals surface area contributed by atoms with Crippen LogP contribution >= 0.6 is 22.9 Å². The van der Waals surface area contributed by atoms with Crippen LogP contribution < -0.4 is 11.1 Å². The van der Waals surface area contributed by atoms with Crippen molar-refractivity contribution in [3.05, 3.63) is 53.1 Å². The van der Waals surface area contributed by atoms with Crippen molar-refractivity contribution in [2.24, 2.45) is 0 Å². The maximum atomic E-state index is 9.26. The van der Waals surface area contributed by atoms with Gasteiger partial charge < -0.3 is 16.2 Å². The van der Waals surface area contributed by atoms with Crippen LogP contribution in [0.3, 0.4) is 0 Å². The predicted molar refractivity (Wildman–Crippen MR) is 148 cm³/mol. The summed E-state index contributed by atoms with van der Waals surface area (Å²) in [6.45, 7) is 0. The summed E-state index contributed by atoms with van der Waals surface area (Å²) in [7, 11) is 1.35. The predicted octanol–water partition coefficient (Wildman–Crippen LogP) is 6.39. The van der Waals surface area contributed by atoms with Crippen LogP contribution in [0, 0.1) is 0 Å². The first-order valence-electron chi connectivity index (χ1n) is 12.0. The van der Waals surface area contributed by atoms with Gasteiger partial charge in [-0.1, -0.05) is 43.0 Å². The van der Waals surface area contributed by atoms with Crippen molar-refractivity contribution in [2.45, 2.75) is 38.1 Å². The second-order valence-electron chi connectivity index (χ2n) is 8.80. The van der Waals surface area contributed by atoms with Crippen molar-refractivity contribution in [1.82, 2.24) is 30.0 Å². The average Bonchev–Trinajstić information content (AvgIpc) is 3.58. The molecule has 4 heterocycles. The van der Waals surface area contributed by atoms with Crippen LogP contribution in [0.2, 0.25) is 5.02 Å². The standard InChI is InChI=1S/C24H21ClN6S.C2H5NO2/c25-17-11-14-8-9-18(20-7-4-10-32-20)29-19(14)12-16(17)22-21-23(26)27-13-28-24(21)31(30-22)15-5-2-1-3-6-15;1-3-2(4)5/h4,7-13,15H,1-3,5-6H2,(H2,26,27,28);3H,1H3,(H,4,5). The summed E-state index contributed by atoms with van der Waals surface area (Å²) < 4.78 is 2.04. The number of pyridine rings is 1. The number of benzene rings is 1. The number of hydrogen-bond donors (Lipinski definition) is 3. The van der Waals surface area contributed by atoms with Crippen molar-refractivity contribution < 1.29 is 9.90 Å². The van der Waals surface area contributed by atoms with E-state index in [2.05, 4.69) is 27.5 Å². The zero-order chi connectivity index (χ0) is 25.9. The quantitative estimate of drug-likeness (QED) is 0.243. The smallest absolute Gasteiger partial charge is 0.404 e. The Morgan fingerprint density at radius 2 is 1.97 bits per heavy atom. The number of carboxylic acid groups (broad SMARTS) is 1. The number of anilines is 1. The van der Waals surface area contributed by atoms with E-state index >= 15 is 0 Å². The molecule has 0 aliphatic heterocycles. The van der Waals surface area contributed by atoms with Crippen molar-refractivity contribution in [1.29, 1.82) is 0 Å². The van der Waals surface area contributed by atoms with E-state index in [0.717, 1.165) is 56.6 Å². The van der Waals surface area contributed by atoms with Crippen LogP contribution in [0.5, 0.6) is 0 Å². The van der Waals surface area contributed by atoms with E-state index < -0.39 is 6.09 Å². The Labute approximate surface area is 222 Å². The topological polar surface area (TPSA) is 132 Å². The molecule has 0 radical (unpaired) electrons. The zero-order valence-electron chi connectivity index (χ0n) is 20.2. The number of nitrogen functional groups attached to an aromatic ring is 1. The minimum atomic E-state index is -0.995. The second kappa shape index (κ2) is 10.7. The molecule has 190 valence electrons. The molecular weight excluding hydrogens is 510 g/mol. The number of aromatic nitrogens is 5. The number of halogens is 1. The van der Waals surface area contributed by atoms with Gasteiger partial charge in [-0.2, -0.15) is 5.10 Å². The number of hydrogen-bond acceptors (Lipinski definition) is 7. The third-order valence-electron chi connectivity index (χ3n) is 6.46. The summed E-state index contributed by atoms with van der Waals surface area (Å²) >= 11 is 8.44. The third kappa shape index (κ3) is 5.07. The van der Waals surface area contributed by atoms with E-state index in [0.29, 0.717) is 16.9 Å². The van der Waals surface area contributed by atoms with Gasteiger partial charge in [0, 0.05) is 18.0 Å². The van der Waals surface area contributed by atoms with Crippen molar-refractivity contribution in [3.8, 4) is 21.8 Å². The molecule has 1 aliphatic rings. The van der Waals surface area contributed by atoms with Crippen LogP contribution in [0.15, 0.2) is 48.1 Å². The van der Waals surface area contributed by atoms with Crippen molar-refractivity contribution >= 4 is 56.8 Å². The zero-order valence-corrected chi connectivity index (χ0v) is 21.8. The number of nitrogens with one attached hydrogen (secondary N) is 1. The molecule has 1 saturated carbocycles. The number of amides is 1. The highest BCUT2D eigenvalue weighted by Gasteiger charge is 2.25. The highest BCUT2D eigenvalue weighted by Crippen LogP contribution is 2.39. The summed E-state index contributed by atoms with van der Waals surface area (Å²) in [4.78, 5) is 24.1. The Morgan fingerprint density at radius 3 is 2.68 bits per heavy atom. The molecule has 1 aliphatic carbocycles. The van der Waals surface area contributed by atoms with Crippen molar-refractivity contribution in [2.75, 3.05) is 12.8 Å². The fourth-order valence-corrected chi connectivity index (χ4v) is 5.61. The summed E-state index contributed by atoms with van der Waals surface area (Å²) in [5.41, 5.74) is 10.4. The van der Waals surface area contributed by atoms with E-state index in [1.54, 1.807) is 11.3 Å². The first-order chi connectivity index (χ1) is 18.0. The van der Waals surface area contributed by atoms with E-state index in [4.69, 9.17) is 32.5 Å². The lowest BCUT2D eigenvalue weighted by molar-refractivity contribution is 0.197. The van der Waals surface area contributed by atoms with Crippen LogP contribution in [-0.2, 0) is 0 Å². The molecule has 5 aromatic rings. The summed E-state index contributed by atoms with van der Waals surface area (Å²) in [5.74, 6) is 0.420. The monoisotopic (exact) mass is 535 g/mol. The van der Waals surface area contributed by atoms with Gasteiger partial charge in [0.25, 0.3) is 0 Å². The number of rotatable bonds is 3. The fraction of sp³-hybridized carbons (Fsp3) is 0.269. The van der Waals surface area contributed by atoms with Gasteiger partial charge in [0.15, 0.2) is 5.65 Å². The van der Waals surface area contributed by atoms with Crippen LogP contribution in [-0.4, -0.2) is 43.0 Å².